The van der Waals surface area contributed by atoms with Gasteiger partial charge in [0.15, 0.2) is 0 Å². The molecule has 0 atom stereocenters. The molecule has 0 saturated carbocycles. The molecule has 3 aromatic heterocycles. The first kappa shape index (κ1) is 56.3. The molecule has 2 spiro atoms. The van der Waals surface area contributed by atoms with E-state index in [9.17, 15) is 0 Å². The summed E-state index contributed by atoms with van der Waals surface area (Å²) < 4.78 is 21.0. The zero-order chi connectivity index (χ0) is 66.0. The Bertz CT molecular complexity index is 5830. The number of anilines is 6. The normalized spacial score (nSPS) is 14.1. The molecule has 4 aliphatic carbocycles. The zero-order valence-electron chi connectivity index (χ0n) is 55.8. The molecule has 5 heteroatoms. The molecule has 0 bridgehead atoms. The van der Waals surface area contributed by atoms with Crippen molar-refractivity contribution in [3.63, 3.8) is 0 Å². The van der Waals surface area contributed by atoms with E-state index in [0.29, 0.717) is 0 Å². The van der Waals surface area contributed by atoms with Crippen molar-refractivity contribution in [2.45, 2.75) is 63.2 Å². The standard InChI is InChI=1S/C94H66N2O3/c1-91(2,3)55-31-35-57(36-32-55)95(59-39-43-69-67-23-11-17-29-81(67)93(83(69)47-59)77-25-13-7-19-63(77)64-20-8-14-26-78(64)93)61-41-45-71-73-51-89-75(53-87(73)97-85(71)49-61)76-54-88-74(52-90(76)99-89)72-46-42-62(50-86(72)98-88)96(58-37-33-56(34-38-58)92(4,5)6)60-40-44-70-68-24-12-18-30-82(68)94(84(70)48-60)79-27-15-9-21-65(79)66-22-10-16-28-80(66)94/h7-54H,1-6H3. The number of nitrogens with zero attached hydrogens (tertiary/aromatic N) is 2. The molecule has 0 saturated heterocycles. The van der Waals surface area contributed by atoms with Crippen molar-refractivity contribution in [3.8, 4) is 44.5 Å². The predicted molar refractivity (Wildman–Crippen MR) is 408 cm³/mol. The molecule has 14 aromatic carbocycles. The van der Waals surface area contributed by atoms with Crippen LogP contribution in [0.1, 0.15) is 97.2 Å². The fourth-order valence-corrected chi connectivity index (χ4v) is 18.1. The second kappa shape index (κ2) is 19.9. The third kappa shape index (κ3) is 7.65. The van der Waals surface area contributed by atoms with Gasteiger partial charge in [-0.1, -0.05) is 224 Å². The van der Waals surface area contributed by atoms with E-state index in [0.717, 1.165) is 99.9 Å². The molecule has 0 amide bonds. The van der Waals surface area contributed by atoms with E-state index in [1.807, 2.05) is 0 Å². The van der Waals surface area contributed by atoms with Crippen LogP contribution in [0.3, 0.4) is 0 Å². The molecule has 21 rings (SSSR count). The van der Waals surface area contributed by atoms with E-state index in [1.54, 1.807) is 0 Å². The average molecular weight is 1270 g/mol. The fraction of sp³-hybridized carbons (Fsp3) is 0.106. The third-order valence-electron chi connectivity index (χ3n) is 22.6. The maximum absolute atomic E-state index is 7.05. The van der Waals surface area contributed by atoms with Crippen molar-refractivity contribution in [2.24, 2.45) is 0 Å². The highest BCUT2D eigenvalue weighted by Crippen LogP contribution is 2.65. The lowest BCUT2D eigenvalue weighted by molar-refractivity contribution is 0.590. The van der Waals surface area contributed by atoms with Crippen LogP contribution >= 0.6 is 0 Å². The van der Waals surface area contributed by atoms with Crippen LogP contribution in [0.2, 0.25) is 0 Å². The summed E-state index contributed by atoms with van der Waals surface area (Å²) in [6.45, 7) is 13.7. The Morgan fingerprint density at radius 2 is 0.444 bits per heavy atom. The van der Waals surface area contributed by atoms with Crippen LogP contribution in [0.5, 0.6) is 0 Å². The van der Waals surface area contributed by atoms with Crippen LogP contribution in [-0.2, 0) is 21.7 Å². The SMILES string of the molecule is CC(C)(C)c1ccc(N(c2ccc3c(c2)C2(c4ccccc4-c4ccccc42)c2ccccc2-3)c2ccc3c(c2)oc2cc4c(cc23)oc2cc3c(cc24)oc2cc(N(c4ccc(C(C)(C)C)cc4)c4ccc5c(c4)C4(c6ccccc6-c6ccccc64)c4ccccc4-5)ccc23)cc1. The third-order valence-corrected chi connectivity index (χ3v) is 22.6. The lowest BCUT2D eigenvalue weighted by atomic mass is 9.70. The zero-order valence-corrected chi connectivity index (χ0v) is 55.8. The lowest BCUT2D eigenvalue weighted by Crippen LogP contribution is -2.26. The molecule has 5 nitrogen and oxygen atoms in total. The Balaban J connectivity index is 0.679. The summed E-state index contributed by atoms with van der Waals surface area (Å²) in [5.41, 5.74) is 33.4. The number of furan rings is 3. The van der Waals surface area contributed by atoms with E-state index >= 15 is 0 Å². The smallest absolute Gasteiger partial charge is 0.137 e. The molecule has 0 fully saturated rings. The van der Waals surface area contributed by atoms with E-state index in [4.69, 9.17) is 13.3 Å². The maximum Gasteiger partial charge on any atom is 0.137 e. The van der Waals surface area contributed by atoms with Crippen LogP contribution in [0.25, 0.3) is 110 Å². The summed E-state index contributed by atoms with van der Waals surface area (Å²) >= 11 is 0. The van der Waals surface area contributed by atoms with Crippen molar-refractivity contribution in [1.29, 1.82) is 0 Å². The maximum atomic E-state index is 7.05. The summed E-state index contributed by atoms with van der Waals surface area (Å²) in [6, 6.07) is 109. The summed E-state index contributed by atoms with van der Waals surface area (Å²) in [5.74, 6) is 0. The summed E-state index contributed by atoms with van der Waals surface area (Å²) in [6.07, 6.45) is 0. The van der Waals surface area contributed by atoms with Crippen molar-refractivity contribution in [2.75, 3.05) is 9.80 Å². The molecule has 3 heterocycles. The molecular formula is C94H66N2O3. The summed E-state index contributed by atoms with van der Waals surface area (Å²) in [4.78, 5) is 4.81. The number of rotatable bonds is 6. The van der Waals surface area contributed by atoms with Gasteiger partial charge in [0.25, 0.3) is 0 Å². The van der Waals surface area contributed by atoms with E-state index in [-0.39, 0.29) is 10.8 Å². The van der Waals surface area contributed by atoms with Crippen LogP contribution in [0.4, 0.5) is 34.1 Å². The Labute approximate surface area is 574 Å². The highest BCUT2D eigenvalue weighted by molar-refractivity contribution is 6.19. The molecule has 17 aromatic rings. The van der Waals surface area contributed by atoms with Gasteiger partial charge in [-0.15, -0.1) is 0 Å². The Kier molecular flexibility index (Phi) is 11.3. The number of hydrogen-bond acceptors (Lipinski definition) is 5. The van der Waals surface area contributed by atoms with Crippen molar-refractivity contribution in [3.05, 3.63) is 347 Å². The van der Waals surface area contributed by atoms with Gasteiger partial charge in [-0.05, 0) is 208 Å². The van der Waals surface area contributed by atoms with Gasteiger partial charge in [-0.3, -0.25) is 0 Å². The number of hydrogen-bond donors (Lipinski definition) is 0. The lowest BCUT2D eigenvalue weighted by Gasteiger charge is -2.32. The van der Waals surface area contributed by atoms with Gasteiger partial charge in [0, 0.05) is 78.6 Å². The molecule has 0 radical (unpaired) electrons. The largest absolute Gasteiger partial charge is 0.456 e. The summed E-state index contributed by atoms with van der Waals surface area (Å²) in [7, 11) is 0. The molecule has 0 aliphatic heterocycles. The van der Waals surface area contributed by atoms with Crippen molar-refractivity contribution < 1.29 is 13.3 Å². The first-order chi connectivity index (χ1) is 48.3. The molecule has 470 valence electrons. The van der Waals surface area contributed by atoms with Gasteiger partial charge in [0.2, 0.25) is 0 Å². The van der Waals surface area contributed by atoms with E-state index < -0.39 is 10.8 Å². The van der Waals surface area contributed by atoms with Crippen molar-refractivity contribution >= 4 is 99.9 Å². The van der Waals surface area contributed by atoms with E-state index in [1.165, 1.54) is 100 Å². The van der Waals surface area contributed by atoms with Gasteiger partial charge in [0.05, 0.1) is 10.8 Å². The minimum Gasteiger partial charge on any atom is -0.456 e. The van der Waals surface area contributed by atoms with Gasteiger partial charge in [-0.25, -0.2) is 0 Å². The Morgan fingerprint density at radius 1 is 0.212 bits per heavy atom. The van der Waals surface area contributed by atoms with Crippen LogP contribution < -0.4 is 9.80 Å². The highest BCUT2D eigenvalue weighted by Gasteiger charge is 2.53. The minimum absolute atomic E-state index is 0.0106. The fourth-order valence-electron chi connectivity index (χ4n) is 18.1. The summed E-state index contributed by atoms with van der Waals surface area (Å²) in [5, 5.41) is 5.99. The second-order valence-corrected chi connectivity index (χ2v) is 29.9. The highest BCUT2D eigenvalue weighted by atomic mass is 16.3. The molecule has 99 heavy (non-hydrogen) atoms. The predicted octanol–water partition coefficient (Wildman–Crippen LogP) is 25.6. The van der Waals surface area contributed by atoms with Crippen molar-refractivity contribution in [1.82, 2.24) is 0 Å². The first-order valence-corrected chi connectivity index (χ1v) is 34.7. The van der Waals surface area contributed by atoms with Crippen LogP contribution in [0, 0.1) is 0 Å². The van der Waals surface area contributed by atoms with Gasteiger partial charge < -0.3 is 23.1 Å². The molecular weight excluding hydrogens is 1210 g/mol. The van der Waals surface area contributed by atoms with Gasteiger partial charge in [-0.2, -0.15) is 0 Å². The van der Waals surface area contributed by atoms with Gasteiger partial charge >= 0.3 is 0 Å². The first-order valence-electron chi connectivity index (χ1n) is 34.7. The second-order valence-electron chi connectivity index (χ2n) is 29.9. The van der Waals surface area contributed by atoms with Crippen LogP contribution in [-0.4, -0.2) is 0 Å². The van der Waals surface area contributed by atoms with Crippen LogP contribution in [0.15, 0.2) is 304 Å². The number of fused-ring (bicyclic) bond motifs is 29. The average Bonchev–Trinajstić information content (AvgIpc) is 1.52. The van der Waals surface area contributed by atoms with E-state index in [2.05, 4.69) is 343 Å². The Morgan fingerprint density at radius 3 is 0.737 bits per heavy atom. The molecule has 0 N–H and O–H groups in total. The molecule has 0 unspecified atom stereocenters. The number of benzene rings is 14. The van der Waals surface area contributed by atoms with Gasteiger partial charge in [0.1, 0.15) is 33.5 Å². The Hall–Kier alpha value is -11.9. The topological polar surface area (TPSA) is 45.9 Å². The molecule has 4 aliphatic rings. The monoisotopic (exact) mass is 1270 g/mol. The quantitative estimate of drug-likeness (QED) is 0.166. The minimum atomic E-state index is -0.483.